The van der Waals surface area contributed by atoms with E-state index >= 15 is 0 Å². The number of hydrogen-bond acceptors (Lipinski definition) is 4. The predicted octanol–water partition coefficient (Wildman–Crippen LogP) is 1.76. The first-order valence-corrected chi connectivity index (χ1v) is 9.02. The van der Waals surface area contributed by atoms with E-state index in [1.165, 1.54) is 0 Å². The number of rotatable bonds is 4. The van der Waals surface area contributed by atoms with Crippen molar-refractivity contribution in [2.75, 3.05) is 18.8 Å². The van der Waals surface area contributed by atoms with Crippen LogP contribution in [0.25, 0.3) is 0 Å². The second kappa shape index (κ2) is 6.56. The van der Waals surface area contributed by atoms with Crippen LogP contribution in [0.4, 0.5) is 0 Å². The van der Waals surface area contributed by atoms with Gasteiger partial charge >= 0.3 is 0 Å². The van der Waals surface area contributed by atoms with E-state index in [2.05, 4.69) is 4.98 Å². The van der Waals surface area contributed by atoms with Crippen molar-refractivity contribution in [2.45, 2.75) is 31.9 Å². The fourth-order valence-corrected chi connectivity index (χ4v) is 4.83. The molecule has 1 aromatic heterocycles. The molecule has 0 spiro atoms. The Labute approximate surface area is 126 Å². The zero-order chi connectivity index (χ0) is 15.5. The largest absolute Gasteiger partial charge is 0.337 e. The zero-order valence-corrected chi connectivity index (χ0v) is 13.3. The number of carbonyl (C=O) groups is 1. The summed E-state index contributed by atoms with van der Waals surface area (Å²) in [5, 5.41) is -0.431. The topological polar surface area (TPSA) is 67.3 Å². The maximum Gasteiger partial charge on any atom is 0.254 e. The fraction of sp³-hybridized carbons (Fsp3) is 0.600. The molecule has 6 heteroatoms. The third kappa shape index (κ3) is 4.03. The minimum atomic E-state index is -3.14. The van der Waals surface area contributed by atoms with E-state index < -0.39 is 15.1 Å². The fourth-order valence-electron chi connectivity index (χ4n) is 2.69. The molecule has 2 heterocycles. The summed E-state index contributed by atoms with van der Waals surface area (Å²) >= 11 is 0. The van der Waals surface area contributed by atoms with Gasteiger partial charge in [-0.25, -0.2) is 8.42 Å². The Kier molecular flexibility index (Phi) is 4.98. The lowest BCUT2D eigenvalue weighted by molar-refractivity contribution is 0.0727. The Morgan fingerprint density at radius 3 is 2.67 bits per heavy atom. The summed E-state index contributed by atoms with van der Waals surface area (Å²) in [6.45, 7) is 4.73. The molecule has 0 radical (unpaired) electrons. The summed E-state index contributed by atoms with van der Waals surface area (Å²) in [6, 6.07) is 3.32. The number of hydrogen-bond donors (Lipinski definition) is 0. The maximum atomic E-state index is 12.4. The van der Waals surface area contributed by atoms with Crippen molar-refractivity contribution in [1.82, 2.24) is 9.88 Å². The van der Waals surface area contributed by atoms with Gasteiger partial charge in [0.15, 0.2) is 9.84 Å². The van der Waals surface area contributed by atoms with Gasteiger partial charge in [-0.15, -0.1) is 0 Å². The Balaban J connectivity index is 2.09. The van der Waals surface area contributed by atoms with Crippen LogP contribution in [0.5, 0.6) is 0 Å². The van der Waals surface area contributed by atoms with Gasteiger partial charge in [-0.2, -0.15) is 0 Å². The molecule has 0 bridgehead atoms. The quantitative estimate of drug-likeness (QED) is 0.850. The number of nitrogens with zero attached hydrogens (tertiary/aromatic N) is 2. The van der Waals surface area contributed by atoms with E-state index in [9.17, 15) is 13.2 Å². The van der Waals surface area contributed by atoms with Gasteiger partial charge in [0.25, 0.3) is 5.91 Å². The highest BCUT2D eigenvalue weighted by Crippen LogP contribution is 2.21. The molecule has 0 unspecified atom stereocenters. The molecule has 1 aromatic rings. The van der Waals surface area contributed by atoms with Crippen LogP contribution >= 0.6 is 0 Å². The summed E-state index contributed by atoms with van der Waals surface area (Å²) in [5.41, 5.74) is 0.562. The molecular formula is C15H22N2O3S. The molecular weight excluding hydrogens is 288 g/mol. The summed E-state index contributed by atoms with van der Waals surface area (Å²) in [7, 11) is -3.14. The molecule has 116 valence electrons. The molecule has 0 saturated carbocycles. The summed E-state index contributed by atoms with van der Waals surface area (Å²) in [4.78, 5) is 17.9. The Morgan fingerprint density at radius 2 is 2.05 bits per heavy atom. The molecule has 1 amide bonds. The van der Waals surface area contributed by atoms with Gasteiger partial charge in [-0.1, -0.05) is 13.8 Å². The molecule has 2 rings (SSSR count). The first-order valence-electron chi connectivity index (χ1n) is 7.31. The van der Waals surface area contributed by atoms with Crippen LogP contribution in [0.2, 0.25) is 0 Å². The van der Waals surface area contributed by atoms with Gasteiger partial charge in [0, 0.05) is 31.0 Å². The standard InChI is InChI=1S/C15H22N2O3S/c1-12(2)11-21(19,20)14-4-3-9-17(10-14)15(18)13-5-7-16-8-6-13/h5-8,12,14H,3-4,9-11H2,1-2H3/t14-/m1/s1. The van der Waals surface area contributed by atoms with E-state index in [1.807, 2.05) is 13.8 Å². The van der Waals surface area contributed by atoms with Crippen LogP contribution < -0.4 is 0 Å². The van der Waals surface area contributed by atoms with Gasteiger partial charge in [0.1, 0.15) is 0 Å². The number of carbonyl (C=O) groups excluding carboxylic acids is 1. The molecule has 1 atom stereocenters. The first kappa shape index (κ1) is 15.9. The van der Waals surface area contributed by atoms with E-state index in [0.717, 1.165) is 6.42 Å². The predicted molar refractivity (Wildman–Crippen MR) is 81.8 cm³/mol. The summed E-state index contributed by atoms with van der Waals surface area (Å²) in [5.74, 6) is 0.192. The number of sulfone groups is 1. The van der Waals surface area contributed by atoms with Crippen molar-refractivity contribution in [3.8, 4) is 0 Å². The van der Waals surface area contributed by atoms with Crippen LogP contribution in [0.3, 0.4) is 0 Å². The van der Waals surface area contributed by atoms with Crippen molar-refractivity contribution in [3.05, 3.63) is 30.1 Å². The Hall–Kier alpha value is -1.43. The minimum absolute atomic E-state index is 0.109. The van der Waals surface area contributed by atoms with Gasteiger partial charge in [-0.05, 0) is 30.9 Å². The minimum Gasteiger partial charge on any atom is -0.337 e. The molecule has 0 aromatic carbocycles. The van der Waals surface area contributed by atoms with Crippen molar-refractivity contribution in [1.29, 1.82) is 0 Å². The Morgan fingerprint density at radius 1 is 1.38 bits per heavy atom. The van der Waals surface area contributed by atoms with E-state index in [4.69, 9.17) is 0 Å². The number of aromatic nitrogens is 1. The van der Waals surface area contributed by atoms with Gasteiger partial charge in [0.05, 0.1) is 11.0 Å². The molecule has 1 fully saturated rings. The average Bonchev–Trinajstić information content (AvgIpc) is 2.46. The van der Waals surface area contributed by atoms with Crippen molar-refractivity contribution in [2.24, 2.45) is 5.92 Å². The lowest BCUT2D eigenvalue weighted by Gasteiger charge is -2.32. The molecule has 5 nitrogen and oxygen atoms in total. The van der Waals surface area contributed by atoms with Gasteiger partial charge in [0.2, 0.25) is 0 Å². The molecule has 1 aliphatic rings. The van der Waals surface area contributed by atoms with E-state index in [0.29, 0.717) is 25.1 Å². The van der Waals surface area contributed by atoms with Gasteiger partial charge in [-0.3, -0.25) is 9.78 Å². The highest BCUT2D eigenvalue weighted by molar-refractivity contribution is 7.92. The highest BCUT2D eigenvalue weighted by Gasteiger charge is 2.33. The lowest BCUT2D eigenvalue weighted by Crippen LogP contribution is -2.46. The lowest BCUT2D eigenvalue weighted by atomic mass is 10.1. The number of likely N-dealkylation sites (tertiary alicyclic amines) is 1. The van der Waals surface area contributed by atoms with Gasteiger partial charge < -0.3 is 4.90 Å². The zero-order valence-electron chi connectivity index (χ0n) is 12.5. The summed E-state index contributed by atoms with van der Waals surface area (Å²) in [6.07, 6.45) is 4.53. The first-order chi connectivity index (χ1) is 9.90. The molecule has 1 saturated heterocycles. The van der Waals surface area contributed by atoms with Crippen LogP contribution in [0.15, 0.2) is 24.5 Å². The number of amides is 1. The molecule has 1 aliphatic heterocycles. The summed E-state index contributed by atoms with van der Waals surface area (Å²) < 4.78 is 24.7. The van der Waals surface area contributed by atoms with E-state index in [-0.39, 0.29) is 17.6 Å². The molecule has 21 heavy (non-hydrogen) atoms. The SMILES string of the molecule is CC(C)CS(=O)(=O)[C@@H]1CCCN(C(=O)c2ccncc2)C1. The normalized spacial score (nSPS) is 19.8. The van der Waals surface area contributed by atoms with Crippen molar-refractivity contribution >= 4 is 15.7 Å². The highest BCUT2D eigenvalue weighted by atomic mass is 32.2. The maximum absolute atomic E-state index is 12.4. The van der Waals surface area contributed by atoms with Crippen LogP contribution in [0, 0.1) is 5.92 Å². The van der Waals surface area contributed by atoms with Crippen molar-refractivity contribution < 1.29 is 13.2 Å². The number of pyridine rings is 1. The van der Waals surface area contributed by atoms with Crippen molar-refractivity contribution in [3.63, 3.8) is 0 Å². The monoisotopic (exact) mass is 310 g/mol. The Bertz CT molecular complexity index is 584. The third-order valence-electron chi connectivity index (χ3n) is 3.67. The van der Waals surface area contributed by atoms with Crippen LogP contribution in [0.1, 0.15) is 37.0 Å². The third-order valence-corrected chi connectivity index (χ3v) is 6.20. The van der Waals surface area contributed by atoms with Crippen LogP contribution in [-0.4, -0.2) is 48.3 Å². The molecule has 0 aliphatic carbocycles. The molecule has 0 N–H and O–H groups in total. The van der Waals surface area contributed by atoms with E-state index in [1.54, 1.807) is 29.4 Å². The van der Waals surface area contributed by atoms with Crippen LogP contribution in [-0.2, 0) is 9.84 Å². The second-order valence-electron chi connectivity index (χ2n) is 5.97. The second-order valence-corrected chi connectivity index (χ2v) is 8.30. The smallest absolute Gasteiger partial charge is 0.254 e. The number of piperidine rings is 1. The average molecular weight is 310 g/mol.